The molecule has 268 valence electrons. The first-order valence-electron chi connectivity index (χ1n) is 16.5. The molecule has 3 heterocycles. The van der Waals surface area contributed by atoms with Crippen molar-refractivity contribution in [2.45, 2.75) is 77.2 Å². The molecular weight excluding hydrogens is 768 g/mol. The molecule has 15 heteroatoms. The van der Waals surface area contributed by atoms with Gasteiger partial charge in [-0.15, -0.1) is 0 Å². The van der Waals surface area contributed by atoms with E-state index in [4.69, 9.17) is 28.9 Å². The molecule has 49 heavy (non-hydrogen) atoms. The fourth-order valence-corrected chi connectivity index (χ4v) is 6.44. The van der Waals surface area contributed by atoms with Crippen LogP contribution in [0.3, 0.4) is 0 Å². The fourth-order valence-electron chi connectivity index (χ4n) is 4.92. The summed E-state index contributed by atoms with van der Waals surface area (Å²) in [6.07, 6.45) is 6.20. The highest BCUT2D eigenvalue weighted by molar-refractivity contribution is 14.1. The number of nitrogens with zero attached hydrogens (tertiary/aromatic N) is 4. The third-order valence-corrected chi connectivity index (χ3v) is 9.91. The third kappa shape index (κ3) is 11.5. The highest BCUT2D eigenvalue weighted by Crippen LogP contribution is 2.36. The standard InChI is InChI=1S/C20H23FIN5O3.C14H22O4S/c1-2-3-4-6-28-7-5-27-16(24-17-18(23)25-20(21)26-19(17)27)9-12-8-14-15(10-13(12)22)30-11-29-14;1-3-4-5-10-17-11-12-18-19(15,16)14-8-6-13(2)7-9-14/h8,10H,2-7,9,11H2,1H3,(H2,23,25,26);6-9H,3-5,10-12H2,1-2H3. The molecule has 4 aromatic rings. The molecule has 0 unspecified atom stereocenters. The predicted molar refractivity (Wildman–Crippen MR) is 193 cm³/mol. The van der Waals surface area contributed by atoms with Crippen LogP contribution in [0.25, 0.3) is 11.2 Å². The van der Waals surface area contributed by atoms with Gasteiger partial charge in [0.2, 0.25) is 6.79 Å². The Morgan fingerprint density at radius 3 is 2.22 bits per heavy atom. The molecule has 1 aliphatic rings. The maximum atomic E-state index is 13.8. The minimum Gasteiger partial charge on any atom is -0.454 e. The summed E-state index contributed by atoms with van der Waals surface area (Å²) in [7, 11) is -3.65. The van der Waals surface area contributed by atoms with Crippen LogP contribution in [-0.4, -0.2) is 67.8 Å². The Hall–Kier alpha value is -3.12. The minimum absolute atomic E-state index is 0.0294. The van der Waals surface area contributed by atoms with Crippen LogP contribution in [0.15, 0.2) is 41.3 Å². The number of aromatic nitrogens is 4. The van der Waals surface area contributed by atoms with Gasteiger partial charge in [0.1, 0.15) is 5.82 Å². The summed E-state index contributed by atoms with van der Waals surface area (Å²) in [5.74, 6) is 2.18. The molecule has 2 N–H and O–H groups in total. The zero-order valence-corrected chi connectivity index (χ0v) is 31.2. The molecule has 2 aromatic heterocycles. The molecule has 0 saturated carbocycles. The highest BCUT2D eigenvalue weighted by Gasteiger charge is 2.21. The molecule has 1 aliphatic heterocycles. The molecule has 0 atom stereocenters. The van der Waals surface area contributed by atoms with Gasteiger partial charge in [-0.2, -0.15) is 22.8 Å². The number of benzene rings is 2. The van der Waals surface area contributed by atoms with Crippen LogP contribution in [0.5, 0.6) is 11.5 Å². The fraction of sp³-hybridized carbons (Fsp3) is 0.500. The number of unbranched alkanes of at least 4 members (excludes halogenated alkanes) is 4. The number of imidazole rings is 1. The van der Waals surface area contributed by atoms with Gasteiger partial charge in [-0.25, -0.2) is 4.98 Å². The molecule has 0 amide bonds. The number of hydrogen-bond donors (Lipinski definition) is 1. The van der Waals surface area contributed by atoms with E-state index in [9.17, 15) is 12.8 Å². The summed E-state index contributed by atoms with van der Waals surface area (Å²) in [5.41, 5.74) is 8.72. The summed E-state index contributed by atoms with van der Waals surface area (Å²) in [6, 6.07) is 10.5. The first kappa shape index (κ1) is 38.7. The number of anilines is 1. The van der Waals surface area contributed by atoms with Crippen molar-refractivity contribution in [3.05, 3.63) is 63.0 Å². The molecule has 5 rings (SSSR count). The van der Waals surface area contributed by atoms with E-state index in [0.29, 0.717) is 62.1 Å². The van der Waals surface area contributed by atoms with Gasteiger partial charge in [0.15, 0.2) is 28.5 Å². The topological polar surface area (TPSA) is 150 Å². The van der Waals surface area contributed by atoms with E-state index in [1.54, 1.807) is 24.3 Å². The first-order chi connectivity index (χ1) is 23.6. The first-order valence-corrected chi connectivity index (χ1v) is 19.0. The second kappa shape index (κ2) is 19.3. The zero-order chi connectivity index (χ0) is 35.2. The van der Waals surface area contributed by atoms with Crippen molar-refractivity contribution in [2.75, 3.05) is 45.6 Å². The Morgan fingerprint density at radius 1 is 0.898 bits per heavy atom. The van der Waals surface area contributed by atoms with Crippen LogP contribution in [-0.2, 0) is 36.7 Å². The van der Waals surface area contributed by atoms with Crippen LogP contribution in [0, 0.1) is 16.6 Å². The quantitative estimate of drug-likeness (QED) is 0.0502. The lowest BCUT2D eigenvalue weighted by atomic mass is 10.1. The normalized spacial score (nSPS) is 12.3. The maximum absolute atomic E-state index is 13.8. The van der Waals surface area contributed by atoms with E-state index >= 15 is 0 Å². The van der Waals surface area contributed by atoms with Crippen molar-refractivity contribution in [1.82, 2.24) is 19.5 Å². The lowest BCUT2D eigenvalue weighted by Gasteiger charge is -2.11. The van der Waals surface area contributed by atoms with Crippen molar-refractivity contribution in [2.24, 2.45) is 0 Å². The summed E-state index contributed by atoms with van der Waals surface area (Å²) in [5, 5.41) is 0. The van der Waals surface area contributed by atoms with Gasteiger partial charge >= 0.3 is 6.08 Å². The number of hydrogen-bond acceptors (Lipinski definition) is 11. The largest absolute Gasteiger partial charge is 0.454 e. The minimum atomic E-state index is -3.65. The Labute approximate surface area is 301 Å². The van der Waals surface area contributed by atoms with Crippen molar-refractivity contribution in [3.8, 4) is 11.5 Å². The monoisotopic (exact) mass is 813 g/mol. The third-order valence-electron chi connectivity index (χ3n) is 7.58. The number of rotatable bonds is 18. The summed E-state index contributed by atoms with van der Waals surface area (Å²) in [6.45, 7) is 9.08. The van der Waals surface area contributed by atoms with E-state index in [1.165, 1.54) is 0 Å². The van der Waals surface area contributed by atoms with E-state index in [0.717, 1.165) is 59.0 Å². The second-order valence-electron chi connectivity index (χ2n) is 11.4. The lowest BCUT2D eigenvalue weighted by molar-refractivity contribution is 0.0992. The van der Waals surface area contributed by atoms with Crippen molar-refractivity contribution in [3.63, 3.8) is 0 Å². The van der Waals surface area contributed by atoms with Crippen LogP contribution >= 0.6 is 22.6 Å². The zero-order valence-electron chi connectivity index (χ0n) is 28.3. The molecule has 0 spiro atoms. The van der Waals surface area contributed by atoms with Gasteiger partial charge in [0, 0.05) is 29.7 Å². The average Bonchev–Trinajstić information content (AvgIpc) is 3.66. The Morgan fingerprint density at radius 2 is 1.55 bits per heavy atom. The Balaban J connectivity index is 0.000000246. The Bertz CT molecular complexity index is 1760. The van der Waals surface area contributed by atoms with Gasteiger partial charge < -0.3 is 29.2 Å². The lowest BCUT2D eigenvalue weighted by Crippen LogP contribution is -2.12. The number of nitrogen functional groups attached to an aromatic ring is 1. The van der Waals surface area contributed by atoms with Gasteiger partial charge in [-0.05, 0) is 72.2 Å². The maximum Gasteiger partial charge on any atom is 0.312 e. The molecule has 0 saturated heterocycles. The van der Waals surface area contributed by atoms with Gasteiger partial charge in [-0.1, -0.05) is 57.2 Å². The number of ether oxygens (including phenoxy) is 4. The van der Waals surface area contributed by atoms with Crippen LogP contribution in [0.1, 0.15) is 69.3 Å². The van der Waals surface area contributed by atoms with Crippen molar-refractivity contribution >= 4 is 49.7 Å². The summed E-state index contributed by atoms with van der Waals surface area (Å²) < 4.78 is 67.2. The van der Waals surface area contributed by atoms with Gasteiger partial charge in [0.05, 0.1) is 24.7 Å². The van der Waals surface area contributed by atoms with Crippen molar-refractivity contribution < 1.29 is 35.9 Å². The number of fused-ring (bicyclic) bond motifs is 2. The molecule has 2 aromatic carbocycles. The molecule has 0 radical (unpaired) electrons. The molecule has 0 fully saturated rings. The molecule has 0 bridgehead atoms. The van der Waals surface area contributed by atoms with Crippen LogP contribution < -0.4 is 15.2 Å². The summed E-state index contributed by atoms with van der Waals surface area (Å²) in [4.78, 5) is 12.4. The van der Waals surface area contributed by atoms with Gasteiger partial charge in [0.25, 0.3) is 10.1 Å². The number of halogens is 2. The van der Waals surface area contributed by atoms with Crippen LogP contribution in [0.4, 0.5) is 10.2 Å². The molecule has 0 aliphatic carbocycles. The number of nitrogens with two attached hydrogens (primary N) is 1. The van der Waals surface area contributed by atoms with Crippen LogP contribution in [0.2, 0.25) is 0 Å². The Kier molecular flexibility index (Phi) is 15.2. The van der Waals surface area contributed by atoms with E-state index in [1.807, 2.05) is 23.6 Å². The average molecular weight is 814 g/mol. The highest BCUT2D eigenvalue weighted by atomic mass is 127. The van der Waals surface area contributed by atoms with E-state index in [2.05, 4.69) is 51.4 Å². The number of aryl methyl sites for hydroxylation is 1. The summed E-state index contributed by atoms with van der Waals surface area (Å²) >= 11 is 2.26. The van der Waals surface area contributed by atoms with E-state index in [-0.39, 0.29) is 24.1 Å². The molecule has 12 nitrogen and oxygen atoms in total. The smallest absolute Gasteiger partial charge is 0.312 e. The SMILES string of the molecule is CCCCCOCCOS(=O)(=O)c1ccc(C)cc1.CCCCCOCCn1c(Cc2cc3c(cc2I)OCO3)nc2c(N)nc(F)nc21. The van der Waals surface area contributed by atoms with Crippen molar-refractivity contribution in [1.29, 1.82) is 0 Å². The second-order valence-corrected chi connectivity index (χ2v) is 14.2. The predicted octanol–water partition coefficient (Wildman–Crippen LogP) is 6.59. The van der Waals surface area contributed by atoms with E-state index < -0.39 is 16.2 Å². The molecular formula is C34H45FIN5O7S. The van der Waals surface area contributed by atoms with Gasteiger partial charge in [-0.3, -0.25) is 4.18 Å².